The fourth-order valence-electron chi connectivity index (χ4n) is 0.911. The molecule has 0 aromatic heterocycles. The quantitative estimate of drug-likeness (QED) is 0.603. The second-order valence-electron chi connectivity index (χ2n) is 2.57. The zero-order valence-electron chi connectivity index (χ0n) is 6.94. The third kappa shape index (κ3) is 1.50. The van der Waals surface area contributed by atoms with E-state index >= 15 is 0 Å². The smallest absolute Gasteiger partial charge is 0.165 e. The van der Waals surface area contributed by atoms with Crippen molar-refractivity contribution >= 4 is 0 Å². The first-order valence-corrected chi connectivity index (χ1v) is 3.46. The van der Waals surface area contributed by atoms with Crippen LogP contribution in [0.1, 0.15) is 11.1 Å². The van der Waals surface area contributed by atoms with Crippen LogP contribution >= 0.6 is 0 Å². The maximum atomic E-state index is 12.9. The number of aryl methyl sites for hydroxylation is 2. The highest BCUT2D eigenvalue weighted by molar-refractivity contribution is 5.35. The van der Waals surface area contributed by atoms with Gasteiger partial charge in [-0.25, -0.2) is 4.39 Å². The third-order valence-corrected chi connectivity index (χ3v) is 1.77. The van der Waals surface area contributed by atoms with Crippen molar-refractivity contribution in [1.82, 2.24) is 0 Å². The van der Waals surface area contributed by atoms with Gasteiger partial charge in [-0.1, -0.05) is 0 Å². The van der Waals surface area contributed by atoms with E-state index in [2.05, 4.69) is 0 Å². The molecule has 0 N–H and O–H groups in total. The molecule has 0 amide bonds. The molecule has 0 bridgehead atoms. The zero-order chi connectivity index (χ0) is 8.43. The molecule has 0 atom stereocenters. The van der Waals surface area contributed by atoms with E-state index in [0.29, 0.717) is 5.75 Å². The topological polar surface area (TPSA) is 9.23 Å². The second kappa shape index (κ2) is 2.91. The highest BCUT2D eigenvalue weighted by Gasteiger charge is 2.03. The lowest BCUT2D eigenvalue weighted by atomic mass is 10.1. The summed E-state index contributed by atoms with van der Waals surface area (Å²) in [5.41, 5.74) is 1.99. The molecule has 11 heavy (non-hydrogen) atoms. The van der Waals surface area contributed by atoms with Gasteiger partial charge in [0, 0.05) is 0 Å². The van der Waals surface area contributed by atoms with Gasteiger partial charge >= 0.3 is 0 Å². The maximum absolute atomic E-state index is 12.9. The Morgan fingerprint density at radius 1 is 1.18 bits per heavy atom. The van der Waals surface area contributed by atoms with Gasteiger partial charge < -0.3 is 4.74 Å². The number of halogens is 1. The Morgan fingerprint density at radius 2 is 1.73 bits per heavy atom. The highest BCUT2D eigenvalue weighted by Crippen LogP contribution is 2.20. The van der Waals surface area contributed by atoms with Crippen LogP contribution in [0.15, 0.2) is 12.1 Å². The number of benzene rings is 1. The monoisotopic (exact) mass is 154 g/mol. The van der Waals surface area contributed by atoms with Gasteiger partial charge in [-0.05, 0) is 37.1 Å². The summed E-state index contributed by atoms with van der Waals surface area (Å²) in [5, 5.41) is 0. The minimum absolute atomic E-state index is 0.296. The summed E-state index contributed by atoms with van der Waals surface area (Å²) in [6.07, 6.45) is 0. The van der Waals surface area contributed by atoms with E-state index in [1.807, 2.05) is 13.8 Å². The molecule has 0 saturated carbocycles. The molecule has 0 aliphatic rings. The van der Waals surface area contributed by atoms with Crippen LogP contribution in [-0.4, -0.2) is 7.11 Å². The van der Waals surface area contributed by atoms with Gasteiger partial charge in [0.2, 0.25) is 0 Å². The molecule has 1 nitrogen and oxygen atoms in total. The molecular weight excluding hydrogens is 143 g/mol. The maximum Gasteiger partial charge on any atom is 0.165 e. The molecule has 1 aromatic carbocycles. The Balaban J connectivity index is 3.21. The van der Waals surface area contributed by atoms with E-state index < -0.39 is 0 Å². The van der Waals surface area contributed by atoms with Crippen LogP contribution in [0.25, 0.3) is 0 Å². The van der Waals surface area contributed by atoms with Gasteiger partial charge in [0.15, 0.2) is 11.6 Å². The Hall–Kier alpha value is -1.05. The number of ether oxygens (including phenoxy) is 1. The Labute approximate surface area is 65.8 Å². The fourth-order valence-corrected chi connectivity index (χ4v) is 0.911. The largest absolute Gasteiger partial charge is 0.494 e. The summed E-state index contributed by atoms with van der Waals surface area (Å²) in [5.74, 6) is 0.0173. The SMILES string of the molecule is COc1cc(C)c(C)cc1F. The molecule has 60 valence electrons. The average molecular weight is 154 g/mol. The van der Waals surface area contributed by atoms with Crippen molar-refractivity contribution in [1.29, 1.82) is 0 Å². The van der Waals surface area contributed by atoms with Crippen LogP contribution < -0.4 is 4.74 Å². The molecule has 0 spiro atoms. The highest BCUT2D eigenvalue weighted by atomic mass is 19.1. The van der Waals surface area contributed by atoms with Gasteiger partial charge in [0.25, 0.3) is 0 Å². The third-order valence-electron chi connectivity index (χ3n) is 1.77. The summed E-state index contributed by atoms with van der Waals surface area (Å²) in [6, 6.07) is 3.18. The minimum Gasteiger partial charge on any atom is -0.494 e. The summed E-state index contributed by atoms with van der Waals surface area (Å²) >= 11 is 0. The van der Waals surface area contributed by atoms with E-state index in [4.69, 9.17) is 4.74 Å². The molecule has 0 fully saturated rings. The molecule has 0 heterocycles. The first-order chi connectivity index (χ1) is 5.15. The van der Waals surface area contributed by atoms with Crippen LogP contribution in [0.2, 0.25) is 0 Å². The lowest BCUT2D eigenvalue weighted by Crippen LogP contribution is -1.90. The van der Waals surface area contributed by atoms with Gasteiger partial charge in [-0.2, -0.15) is 0 Å². The summed E-state index contributed by atoms with van der Waals surface area (Å²) in [7, 11) is 1.47. The molecule has 1 rings (SSSR count). The van der Waals surface area contributed by atoms with Gasteiger partial charge in [0.1, 0.15) is 0 Å². The van der Waals surface area contributed by atoms with Crippen LogP contribution in [0, 0.1) is 19.7 Å². The molecule has 1 aromatic rings. The lowest BCUT2D eigenvalue weighted by molar-refractivity contribution is 0.386. The fraction of sp³-hybridized carbons (Fsp3) is 0.333. The van der Waals surface area contributed by atoms with E-state index in [9.17, 15) is 4.39 Å². The Morgan fingerprint density at radius 3 is 2.27 bits per heavy atom. The van der Waals surface area contributed by atoms with Gasteiger partial charge in [0.05, 0.1) is 7.11 Å². The van der Waals surface area contributed by atoms with E-state index in [1.165, 1.54) is 13.2 Å². The molecular formula is C9H11FO. The van der Waals surface area contributed by atoms with Crippen molar-refractivity contribution in [3.8, 4) is 5.75 Å². The van der Waals surface area contributed by atoms with E-state index in [-0.39, 0.29) is 5.82 Å². The Kier molecular flexibility index (Phi) is 2.13. The van der Waals surface area contributed by atoms with Crippen LogP contribution in [-0.2, 0) is 0 Å². The molecule has 0 unspecified atom stereocenters. The number of hydrogen-bond donors (Lipinski definition) is 0. The molecule has 2 heteroatoms. The lowest BCUT2D eigenvalue weighted by Gasteiger charge is -2.04. The van der Waals surface area contributed by atoms with Crippen LogP contribution in [0.4, 0.5) is 4.39 Å². The summed E-state index contributed by atoms with van der Waals surface area (Å²) < 4.78 is 17.7. The first-order valence-electron chi connectivity index (χ1n) is 3.46. The summed E-state index contributed by atoms with van der Waals surface area (Å²) in [6.45, 7) is 3.80. The predicted molar refractivity (Wildman–Crippen MR) is 42.4 cm³/mol. The molecule has 0 radical (unpaired) electrons. The normalized spacial score (nSPS) is 9.82. The van der Waals surface area contributed by atoms with Gasteiger partial charge in [-0.3, -0.25) is 0 Å². The van der Waals surface area contributed by atoms with Crippen molar-refractivity contribution in [3.05, 3.63) is 29.1 Å². The zero-order valence-corrected chi connectivity index (χ0v) is 6.94. The van der Waals surface area contributed by atoms with Crippen molar-refractivity contribution in [2.45, 2.75) is 13.8 Å². The van der Waals surface area contributed by atoms with E-state index in [0.717, 1.165) is 11.1 Å². The second-order valence-corrected chi connectivity index (χ2v) is 2.57. The molecule has 0 aliphatic carbocycles. The van der Waals surface area contributed by atoms with Crippen molar-refractivity contribution in [2.24, 2.45) is 0 Å². The van der Waals surface area contributed by atoms with E-state index in [1.54, 1.807) is 6.07 Å². The van der Waals surface area contributed by atoms with Crippen LogP contribution in [0.5, 0.6) is 5.75 Å². The number of methoxy groups -OCH3 is 1. The summed E-state index contributed by atoms with van der Waals surface area (Å²) in [4.78, 5) is 0. The van der Waals surface area contributed by atoms with Crippen molar-refractivity contribution < 1.29 is 9.13 Å². The number of rotatable bonds is 1. The molecule has 0 saturated heterocycles. The standard InChI is InChI=1S/C9H11FO/c1-6-4-8(10)9(11-3)5-7(6)2/h4-5H,1-3H3. The van der Waals surface area contributed by atoms with Crippen molar-refractivity contribution in [2.75, 3.05) is 7.11 Å². The average Bonchev–Trinajstić information content (AvgIpc) is 1.97. The minimum atomic E-state index is -0.296. The Bertz CT molecular complexity index is 269. The van der Waals surface area contributed by atoms with Crippen LogP contribution in [0.3, 0.4) is 0 Å². The van der Waals surface area contributed by atoms with Crippen molar-refractivity contribution in [3.63, 3.8) is 0 Å². The van der Waals surface area contributed by atoms with Gasteiger partial charge in [-0.15, -0.1) is 0 Å². The first kappa shape index (κ1) is 8.05. The predicted octanol–water partition coefficient (Wildman–Crippen LogP) is 2.45. The number of hydrogen-bond acceptors (Lipinski definition) is 1. The molecule has 0 aliphatic heterocycles.